The van der Waals surface area contributed by atoms with Crippen molar-refractivity contribution in [2.45, 2.75) is 25.6 Å². The second kappa shape index (κ2) is 11.2. The van der Waals surface area contributed by atoms with Gasteiger partial charge in [-0.15, -0.1) is 37.2 Å². The summed E-state index contributed by atoms with van der Waals surface area (Å²) in [6.07, 6.45) is 3.90. The fraction of sp³-hybridized carbons (Fsp3) is 0.733. The van der Waals surface area contributed by atoms with Crippen molar-refractivity contribution in [1.29, 1.82) is 0 Å². The van der Waals surface area contributed by atoms with Crippen molar-refractivity contribution < 1.29 is 9.53 Å². The van der Waals surface area contributed by atoms with Gasteiger partial charge in [-0.05, 0) is 6.92 Å². The van der Waals surface area contributed by atoms with Gasteiger partial charge in [-0.3, -0.25) is 14.4 Å². The molecular formula is C15H28Cl3N5O2. The predicted molar refractivity (Wildman–Crippen MR) is 104 cm³/mol. The van der Waals surface area contributed by atoms with Crippen molar-refractivity contribution in [3.05, 3.63) is 18.0 Å². The first-order chi connectivity index (χ1) is 10.6. The number of aromatic nitrogens is 2. The van der Waals surface area contributed by atoms with Gasteiger partial charge < -0.3 is 15.0 Å². The van der Waals surface area contributed by atoms with Crippen LogP contribution in [0.5, 0.6) is 0 Å². The molecule has 2 saturated heterocycles. The Morgan fingerprint density at radius 3 is 2.52 bits per heavy atom. The van der Waals surface area contributed by atoms with Crippen LogP contribution in [-0.2, 0) is 23.1 Å². The second-order valence-corrected chi connectivity index (χ2v) is 6.13. The van der Waals surface area contributed by atoms with Crippen LogP contribution >= 0.6 is 37.2 Å². The second-order valence-electron chi connectivity index (χ2n) is 6.13. The predicted octanol–water partition coefficient (Wildman–Crippen LogP) is 0.707. The molecule has 25 heavy (non-hydrogen) atoms. The number of aryl methyl sites for hydroxylation is 1. The summed E-state index contributed by atoms with van der Waals surface area (Å²) in [6.45, 7) is 7.68. The van der Waals surface area contributed by atoms with E-state index in [9.17, 15) is 4.79 Å². The lowest BCUT2D eigenvalue weighted by atomic mass is 10.1. The van der Waals surface area contributed by atoms with E-state index in [-0.39, 0.29) is 55.3 Å². The molecule has 0 unspecified atom stereocenters. The van der Waals surface area contributed by atoms with Crippen LogP contribution in [0.2, 0.25) is 0 Å². The Kier molecular flexibility index (Phi) is 11.0. The molecule has 7 nitrogen and oxygen atoms in total. The number of piperazine rings is 1. The van der Waals surface area contributed by atoms with Gasteiger partial charge in [0.15, 0.2) is 0 Å². The van der Waals surface area contributed by atoms with Gasteiger partial charge in [0.2, 0.25) is 5.91 Å². The number of halogens is 3. The quantitative estimate of drug-likeness (QED) is 0.786. The molecule has 0 saturated carbocycles. The number of carbonyl (C=O) groups is 1. The van der Waals surface area contributed by atoms with Gasteiger partial charge in [0.25, 0.3) is 0 Å². The largest absolute Gasteiger partial charge is 0.375 e. The Morgan fingerprint density at radius 2 is 1.96 bits per heavy atom. The zero-order valence-corrected chi connectivity index (χ0v) is 17.0. The molecular weight excluding hydrogens is 389 g/mol. The third-order valence-corrected chi connectivity index (χ3v) is 4.43. The third kappa shape index (κ3) is 6.27. The molecule has 3 heterocycles. The maximum atomic E-state index is 12.6. The number of hydrogen-bond donors (Lipinski definition) is 1. The lowest BCUT2D eigenvalue weighted by molar-refractivity contribution is -0.141. The molecule has 146 valence electrons. The molecule has 0 radical (unpaired) electrons. The van der Waals surface area contributed by atoms with Crippen LogP contribution in [0.25, 0.3) is 0 Å². The van der Waals surface area contributed by atoms with Crippen LogP contribution in [-0.4, -0.2) is 77.0 Å². The van der Waals surface area contributed by atoms with Crippen molar-refractivity contribution in [3.63, 3.8) is 0 Å². The van der Waals surface area contributed by atoms with Crippen molar-refractivity contribution in [3.8, 4) is 0 Å². The highest BCUT2D eigenvalue weighted by atomic mass is 35.5. The van der Waals surface area contributed by atoms with E-state index in [2.05, 4.69) is 15.3 Å². The summed E-state index contributed by atoms with van der Waals surface area (Å²) in [5, 5.41) is 7.48. The number of ether oxygens (including phenoxy) is 1. The lowest BCUT2D eigenvalue weighted by Crippen LogP contribution is -2.59. The van der Waals surface area contributed by atoms with Gasteiger partial charge in [-0.1, -0.05) is 0 Å². The molecule has 0 aromatic carbocycles. The lowest BCUT2D eigenvalue weighted by Gasteiger charge is -2.38. The van der Waals surface area contributed by atoms with Crippen molar-refractivity contribution in [2.75, 3.05) is 39.3 Å². The number of morpholine rings is 1. The van der Waals surface area contributed by atoms with Gasteiger partial charge in [-0.2, -0.15) is 5.10 Å². The molecule has 2 fully saturated rings. The molecule has 1 aromatic heterocycles. The van der Waals surface area contributed by atoms with Crippen molar-refractivity contribution in [1.82, 2.24) is 24.9 Å². The Balaban J connectivity index is 0.00000192. The van der Waals surface area contributed by atoms with Gasteiger partial charge in [0, 0.05) is 58.1 Å². The first-order valence-electron chi connectivity index (χ1n) is 7.97. The van der Waals surface area contributed by atoms with E-state index in [0.29, 0.717) is 6.61 Å². The van der Waals surface area contributed by atoms with E-state index in [1.54, 1.807) is 0 Å². The highest BCUT2D eigenvalue weighted by molar-refractivity contribution is 5.86. The maximum Gasteiger partial charge on any atom is 0.242 e. The van der Waals surface area contributed by atoms with Crippen molar-refractivity contribution in [2.24, 2.45) is 7.05 Å². The molecule has 1 aromatic rings. The smallest absolute Gasteiger partial charge is 0.242 e. The average Bonchev–Trinajstić information content (AvgIpc) is 2.93. The first-order valence-corrected chi connectivity index (χ1v) is 7.97. The number of amides is 1. The molecule has 1 amide bonds. The molecule has 0 spiro atoms. The van der Waals surface area contributed by atoms with Gasteiger partial charge in [-0.25, -0.2) is 0 Å². The van der Waals surface area contributed by atoms with E-state index in [1.165, 1.54) is 5.56 Å². The normalized spacial score (nSPS) is 23.8. The summed E-state index contributed by atoms with van der Waals surface area (Å²) >= 11 is 0. The van der Waals surface area contributed by atoms with Crippen LogP contribution in [0, 0.1) is 0 Å². The number of hydrogen-bond acceptors (Lipinski definition) is 5. The highest BCUT2D eigenvalue weighted by Crippen LogP contribution is 2.12. The standard InChI is InChI=1S/C15H25N5O2.3ClH/c1-12-14(16-3-8-22-12)15(21)20-6-4-19(5-7-20)11-13-9-17-18(2)10-13;;;/h9-10,12,14,16H,3-8,11H2,1-2H3;3*1H/t12-,14+;;;/m1.../s1. The maximum absolute atomic E-state index is 12.6. The zero-order valence-electron chi connectivity index (χ0n) is 14.6. The van der Waals surface area contributed by atoms with Crippen LogP contribution in [0.15, 0.2) is 12.4 Å². The molecule has 10 heteroatoms. The average molecular weight is 417 g/mol. The SMILES string of the molecule is C[C@H]1OCCN[C@@H]1C(=O)N1CCN(Cc2cnn(C)c2)CC1.Cl.Cl.Cl. The summed E-state index contributed by atoms with van der Waals surface area (Å²) < 4.78 is 7.40. The molecule has 2 atom stereocenters. The van der Waals surface area contributed by atoms with E-state index in [0.717, 1.165) is 39.3 Å². The van der Waals surface area contributed by atoms with Gasteiger partial charge in [0.05, 0.1) is 18.9 Å². The Hall–Kier alpha value is -0.570. The minimum absolute atomic E-state index is 0. The minimum Gasteiger partial charge on any atom is -0.375 e. The third-order valence-electron chi connectivity index (χ3n) is 4.43. The highest BCUT2D eigenvalue weighted by Gasteiger charge is 2.33. The zero-order chi connectivity index (χ0) is 15.5. The molecule has 2 aliphatic rings. The molecule has 1 N–H and O–H groups in total. The summed E-state index contributed by atoms with van der Waals surface area (Å²) in [5.41, 5.74) is 1.22. The number of rotatable bonds is 3. The summed E-state index contributed by atoms with van der Waals surface area (Å²) in [4.78, 5) is 16.9. The monoisotopic (exact) mass is 415 g/mol. The van der Waals surface area contributed by atoms with Crippen LogP contribution < -0.4 is 5.32 Å². The Labute approximate surface area is 167 Å². The first kappa shape index (κ1) is 24.4. The van der Waals surface area contributed by atoms with E-state index >= 15 is 0 Å². The summed E-state index contributed by atoms with van der Waals surface area (Å²) in [5.74, 6) is 0.174. The summed E-state index contributed by atoms with van der Waals surface area (Å²) in [7, 11) is 1.93. The van der Waals surface area contributed by atoms with Crippen LogP contribution in [0.1, 0.15) is 12.5 Å². The van der Waals surface area contributed by atoms with E-state index < -0.39 is 0 Å². The van der Waals surface area contributed by atoms with Crippen LogP contribution in [0.3, 0.4) is 0 Å². The molecule has 2 aliphatic heterocycles. The fourth-order valence-corrected chi connectivity index (χ4v) is 3.14. The van der Waals surface area contributed by atoms with Gasteiger partial charge in [0.1, 0.15) is 6.04 Å². The molecule has 0 aliphatic carbocycles. The number of nitrogens with zero attached hydrogens (tertiary/aromatic N) is 4. The number of nitrogens with one attached hydrogen (secondary N) is 1. The van der Waals surface area contributed by atoms with Crippen LogP contribution in [0.4, 0.5) is 0 Å². The minimum atomic E-state index is -0.196. The summed E-state index contributed by atoms with van der Waals surface area (Å²) in [6, 6.07) is -0.196. The Bertz CT molecular complexity index is 523. The van der Waals surface area contributed by atoms with Crippen molar-refractivity contribution >= 4 is 43.1 Å². The Morgan fingerprint density at radius 1 is 1.28 bits per heavy atom. The van der Waals surface area contributed by atoms with E-state index in [4.69, 9.17) is 4.74 Å². The number of carbonyl (C=O) groups excluding carboxylic acids is 1. The molecule has 3 rings (SSSR count). The van der Waals surface area contributed by atoms with E-state index in [1.807, 2.05) is 35.9 Å². The topological polar surface area (TPSA) is 62.6 Å². The fourth-order valence-electron chi connectivity index (χ4n) is 3.14. The molecule has 0 bridgehead atoms. The van der Waals surface area contributed by atoms with Gasteiger partial charge >= 0.3 is 0 Å².